The average Bonchev–Trinajstić information content (AvgIpc) is 2.32. The van der Waals surface area contributed by atoms with E-state index in [9.17, 15) is 8.78 Å². The van der Waals surface area contributed by atoms with E-state index in [-0.39, 0.29) is 5.56 Å². The average molecular weight is 260 g/mol. The number of halogens is 2. The van der Waals surface area contributed by atoms with Crippen LogP contribution in [0.5, 0.6) is 0 Å². The molecule has 100 valence electrons. The molecule has 0 aliphatic rings. The Bertz CT molecular complexity index is 607. The van der Waals surface area contributed by atoms with Gasteiger partial charge in [0.15, 0.2) is 0 Å². The maximum absolute atomic E-state index is 13.6. The van der Waals surface area contributed by atoms with E-state index in [1.165, 1.54) is 11.1 Å². The van der Waals surface area contributed by atoms with Crippen LogP contribution in [0.25, 0.3) is 11.1 Å². The molecule has 2 aromatic carbocycles. The first-order valence-corrected chi connectivity index (χ1v) is 6.35. The molecule has 0 fully saturated rings. The normalized spacial score (nSPS) is 11.7. The van der Waals surface area contributed by atoms with E-state index in [1.807, 2.05) is 38.1 Å². The monoisotopic (exact) mass is 260 g/mol. The molecule has 19 heavy (non-hydrogen) atoms. The van der Waals surface area contributed by atoms with Gasteiger partial charge in [-0.05, 0) is 54.7 Å². The van der Waals surface area contributed by atoms with E-state index in [1.54, 1.807) is 19.1 Å². The third-order valence-corrected chi connectivity index (χ3v) is 3.55. The lowest BCUT2D eigenvalue weighted by molar-refractivity contribution is 0.0169. The van der Waals surface area contributed by atoms with Crippen LogP contribution in [-0.4, -0.2) is 0 Å². The van der Waals surface area contributed by atoms with Gasteiger partial charge in [0.1, 0.15) is 0 Å². The first-order valence-electron chi connectivity index (χ1n) is 6.35. The van der Waals surface area contributed by atoms with Crippen LogP contribution in [0.4, 0.5) is 8.78 Å². The van der Waals surface area contributed by atoms with Gasteiger partial charge in [-0.1, -0.05) is 30.3 Å². The van der Waals surface area contributed by atoms with E-state index in [0.717, 1.165) is 18.1 Å². The van der Waals surface area contributed by atoms with Crippen molar-refractivity contribution < 1.29 is 8.78 Å². The third-order valence-electron chi connectivity index (χ3n) is 3.55. The maximum atomic E-state index is 13.6. The minimum absolute atomic E-state index is 0.100. The highest BCUT2D eigenvalue weighted by atomic mass is 19.3. The van der Waals surface area contributed by atoms with Gasteiger partial charge in [0, 0.05) is 12.5 Å². The molecule has 2 aromatic rings. The van der Waals surface area contributed by atoms with Crippen molar-refractivity contribution in [2.24, 2.45) is 0 Å². The third kappa shape index (κ3) is 2.83. The molecule has 2 rings (SSSR count). The van der Waals surface area contributed by atoms with Crippen molar-refractivity contribution in [2.75, 3.05) is 0 Å². The van der Waals surface area contributed by atoms with Gasteiger partial charge in [-0.2, -0.15) is 0 Å². The Hall–Kier alpha value is -1.70. The van der Waals surface area contributed by atoms with Gasteiger partial charge in [-0.25, -0.2) is 8.78 Å². The minimum Gasteiger partial charge on any atom is -0.202 e. The fraction of sp³-hybridized carbons (Fsp3) is 0.294. The number of rotatable bonds is 2. The van der Waals surface area contributed by atoms with Crippen LogP contribution >= 0.6 is 0 Å². The largest absolute Gasteiger partial charge is 0.270 e. The van der Waals surface area contributed by atoms with E-state index in [2.05, 4.69) is 0 Å². The van der Waals surface area contributed by atoms with Gasteiger partial charge in [0.05, 0.1) is 0 Å². The van der Waals surface area contributed by atoms with Crippen LogP contribution in [0.2, 0.25) is 0 Å². The van der Waals surface area contributed by atoms with Crippen molar-refractivity contribution in [1.82, 2.24) is 0 Å². The molecule has 0 nitrogen and oxygen atoms in total. The fourth-order valence-electron chi connectivity index (χ4n) is 2.20. The molecule has 0 aliphatic heterocycles. The lowest BCUT2D eigenvalue weighted by atomic mass is 9.95. The quantitative estimate of drug-likeness (QED) is 0.679. The van der Waals surface area contributed by atoms with Gasteiger partial charge in [0.25, 0.3) is 5.92 Å². The van der Waals surface area contributed by atoms with Gasteiger partial charge in [-0.3, -0.25) is 0 Å². The Balaban J connectivity index is 2.54. The van der Waals surface area contributed by atoms with Crippen LogP contribution in [0, 0.1) is 20.8 Å². The summed E-state index contributed by atoms with van der Waals surface area (Å²) in [4.78, 5) is 0. The smallest absolute Gasteiger partial charge is 0.202 e. The molecule has 0 atom stereocenters. The molecule has 0 aromatic heterocycles. The molecule has 0 saturated carbocycles. The Morgan fingerprint density at radius 1 is 0.737 bits per heavy atom. The van der Waals surface area contributed by atoms with E-state index >= 15 is 0 Å². The van der Waals surface area contributed by atoms with Gasteiger partial charge < -0.3 is 0 Å². The summed E-state index contributed by atoms with van der Waals surface area (Å²) in [6.07, 6.45) is 0. The molecule has 0 radical (unpaired) electrons. The second kappa shape index (κ2) is 4.76. The number of aryl methyl sites for hydroxylation is 3. The van der Waals surface area contributed by atoms with Crippen molar-refractivity contribution in [1.29, 1.82) is 0 Å². The van der Waals surface area contributed by atoms with Crippen molar-refractivity contribution in [3.05, 3.63) is 58.7 Å². The predicted octanol–water partition coefficient (Wildman–Crippen LogP) is 5.39. The second-order valence-electron chi connectivity index (χ2n) is 5.22. The van der Waals surface area contributed by atoms with Crippen LogP contribution in [0.1, 0.15) is 29.2 Å². The molecule has 2 heteroatoms. The number of hydrogen-bond acceptors (Lipinski definition) is 0. The highest BCUT2D eigenvalue weighted by Crippen LogP contribution is 2.33. The summed E-state index contributed by atoms with van der Waals surface area (Å²) in [5.74, 6) is -2.81. The van der Waals surface area contributed by atoms with Crippen molar-refractivity contribution in [3.63, 3.8) is 0 Å². The highest BCUT2D eigenvalue weighted by Gasteiger charge is 2.26. The van der Waals surface area contributed by atoms with Crippen molar-refractivity contribution in [2.45, 2.75) is 33.6 Å². The van der Waals surface area contributed by atoms with Crippen LogP contribution in [0.15, 0.2) is 36.4 Å². The zero-order valence-electron chi connectivity index (χ0n) is 11.7. The summed E-state index contributed by atoms with van der Waals surface area (Å²) in [5.41, 5.74) is 4.92. The summed E-state index contributed by atoms with van der Waals surface area (Å²) >= 11 is 0. The lowest BCUT2D eigenvalue weighted by Gasteiger charge is -2.15. The molecule has 0 spiro atoms. The Morgan fingerprint density at radius 2 is 1.26 bits per heavy atom. The zero-order chi connectivity index (χ0) is 14.2. The summed E-state index contributed by atoms with van der Waals surface area (Å²) in [7, 11) is 0. The van der Waals surface area contributed by atoms with Gasteiger partial charge in [-0.15, -0.1) is 0 Å². The molecule has 0 amide bonds. The van der Waals surface area contributed by atoms with Gasteiger partial charge >= 0.3 is 0 Å². The van der Waals surface area contributed by atoms with Crippen molar-refractivity contribution >= 4 is 0 Å². The second-order valence-corrected chi connectivity index (χ2v) is 5.22. The Labute approximate surface area is 113 Å². The maximum Gasteiger partial charge on any atom is 0.270 e. The Kier molecular flexibility index (Phi) is 3.44. The molecular formula is C17H18F2. The summed E-state index contributed by atoms with van der Waals surface area (Å²) in [6, 6.07) is 11.3. The first kappa shape index (κ1) is 13.7. The number of alkyl halides is 2. The zero-order valence-corrected chi connectivity index (χ0v) is 11.7. The summed E-state index contributed by atoms with van der Waals surface area (Å²) in [5, 5.41) is 0. The summed E-state index contributed by atoms with van der Waals surface area (Å²) in [6.45, 7) is 6.73. The molecule has 0 bridgehead atoms. The minimum atomic E-state index is -2.81. The first-order chi connectivity index (χ1) is 8.79. The Morgan fingerprint density at radius 3 is 1.79 bits per heavy atom. The van der Waals surface area contributed by atoms with Gasteiger partial charge in [0.2, 0.25) is 0 Å². The molecular weight excluding hydrogens is 242 g/mol. The van der Waals surface area contributed by atoms with Crippen LogP contribution in [0.3, 0.4) is 0 Å². The van der Waals surface area contributed by atoms with E-state index < -0.39 is 5.92 Å². The predicted molar refractivity (Wildman–Crippen MR) is 75.7 cm³/mol. The van der Waals surface area contributed by atoms with Crippen LogP contribution in [-0.2, 0) is 5.92 Å². The topological polar surface area (TPSA) is 0 Å². The lowest BCUT2D eigenvalue weighted by Crippen LogP contribution is -2.09. The summed E-state index contributed by atoms with van der Waals surface area (Å²) < 4.78 is 27.1. The molecule has 0 heterocycles. The van der Waals surface area contributed by atoms with E-state index in [4.69, 9.17) is 0 Å². The van der Waals surface area contributed by atoms with Crippen molar-refractivity contribution in [3.8, 4) is 11.1 Å². The fourth-order valence-corrected chi connectivity index (χ4v) is 2.20. The standard InChI is InChI=1S/C17H18F2/c1-11-5-7-14(9-13(11)3)15-8-6-12(2)16(10-15)17(4,18)19/h5-10H,1-4H3. The number of benzene rings is 2. The van der Waals surface area contributed by atoms with E-state index in [0.29, 0.717) is 5.56 Å². The number of hydrogen-bond donors (Lipinski definition) is 0. The highest BCUT2D eigenvalue weighted by molar-refractivity contribution is 5.66. The molecule has 0 N–H and O–H groups in total. The molecule has 0 aliphatic carbocycles. The van der Waals surface area contributed by atoms with Crippen LogP contribution < -0.4 is 0 Å². The SMILES string of the molecule is Cc1ccc(-c2ccc(C)c(C(C)(F)F)c2)cc1C. The molecule has 0 saturated heterocycles. The molecule has 0 unspecified atom stereocenters.